The lowest BCUT2D eigenvalue weighted by atomic mass is 10.1. The van der Waals surface area contributed by atoms with E-state index in [4.69, 9.17) is 10.5 Å². The van der Waals surface area contributed by atoms with Crippen LogP contribution in [-0.4, -0.2) is 12.6 Å². The van der Waals surface area contributed by atoms with E-state index >= 15 is 0 Å². The Labute approximate surface area is 108 Å². The number of nitrogens with two attached hydrogens (primary N) is 1. The van der Waals surface area contributed by atoms with E-state index in [-0.39, 0.29) is 24.3 Å². The molecule has 4 heteroatoms. The largest absolute Gasteiger partial charge is 0.490 e. The standard InChI is InChI=1S/C13H18FNO.ClH/c1-8(2)7-16-13-4-3-9(5-11(13)14)10-6-12(10)15;/h3-5,8,10,12H,6-7,15H2,1-2H3;1H. The Morgan fingerprint density at radius 2 is 2.12 bits per heavy atom. The van der Waals surface area contributed by atoms with Gasteiger partial charge < -0.3 is 10.5 Å². The fourth-order valence-electron chi connectivity index (χ4n) is 1.72. The smallest absolute Gasteiger partial charge is 0.165 e. The molecule has 2 rings (SSSR count). The van der Waals surface area contributed by atoms with Crippen molar-refractivity contribution in [1.82, 2.24) is 0 Å². The van der Waals surface area contributed by atoms with Gasteiger partial charge in [-0.05, 0) is 30.0 Å². The molecule has 0 saturated heterocycles. The van der Waals surface area contributed by atoms with Crippen molar-refractivity contribution in [2.75, 3.05) is 6.61 Å². The van der Waals surface area contributed by atoms with E-state index in [1.807, 2.05) is 19.9 Å². The second kappa shape index (κ2) is 5.69. The van der Waals surface area contributed by atoms with Crippen molar-refractivity contribution in [3.63, 3.8) is 0 Å². The molecule has 0 bridgehead atoms. The summed E-state index contributed by atoms with van der Waals surface area (Å²) in [5.74, 6) is 0.800. The molecule has 0 aliphatic heterocycles. The van der Waals surface area contributed by atoms with E-state index in [2.05, 4.69) is 0 Å². The Kier molecular flexibility index (Phi) is 4.78. The zero-order valence-corrected chi connectivity index (χ0v) is 11.0. The molecule has 96 valence electrons. The Morgan fingerprint density at radius 3 is 2.59 bits per heavy atom. The van der Waals surface area contributed by atoms with Gasteiger partial charge in [0, 0.05) is 12.0 Å². The number of rotatable bonds is 4. The Bertz CT molecular complexity index is 384. The van der Waals surface area contributed by atoms with Crippen molar-refractivity contribution in [2.24, 2.45) is 11.7 Å². The molecule has 2 unspecified atom stereocenters. The van der Waals surface area contributed by atoms with Crippen LogP contribution in [0.25, 0.3) is 0 Å². The zero-order chi connectivity index (χ0) is 11.7. The van der Waals surface area contributed by atoms with Crippen LogP contribution in [-0.2, 0) is 0 Å². The highest BCUT2D eigenvalue weighted by Gasteiger charge is 2.35. The maximum atomic E-state index is 13.6. The van der Waals surface area contributed by atoms with Gasteiger partial charge in [-0.25, -0.2) is 4.39 Å². The molecule has 2 nitrogen and oxygen atoms in total. The average Bonchev–Trinajstić information content (AvgIpc) is 2.93. The maximum absolute atomic E-state index is 13.6. The summed E-state index contributed by atoms with van der Waals surface area (Å²) in [4.78, 5) is 0. The number of benzene rings is 1. The van der Waals surface area contributed by atoms with Crippen LogP contribution >= 0.6 is 12.4 Å². The van der Waals surface area contributed by atoms with Crippen molar-refractivity contribution in [3.05, 3.63) is 29.6 Å². The van der Waals surface area contributed by atoms with Crippen molar-refractivity contribution >= 4 is 12.4 Å². The van der Waals surface area contributed by atoms with Crippen LogP contribution in [0.5, 0.6) is 5.75 Å². The molecule has 17 heavy (non-hydrogen) atoms. The minimum Gasteiger partial charge on any atom is -0.490 e. The fourth-order valence-corrected chi connectivity index (χ4v) is 1.72. The Hall–Kier alpha value is -0.800. The third-order valence-electron chi connectivity index (χ3n) is 2.80. The minimum atomic E-state index is -0.280. The van der Waals surface area contributed by atoms with E-state index in [0.29, 0.717) is 24.2 Å². The first-order valence-corrected chi connectivity index (χ1v) is 5.75. The normalized spacial score (nSPS) is 22.2. The highest BCUT2D eigenvalue weighted by atomic mass is 35.5. The van der Waals surface area contributed by atoms with E-state index in [9.17, 15) is 4.39 Å². The minimum absolute atomic E-state index is 0. The quantitative estimate of drug-likeness (QED) is 0.902. The van der Waals surface area contributed by atoms with E-state index in [0.717, 1.165) is 12.0 Å². The first-order chi connectivity index (χ1) is 7.58. The van der Waals surface area contributed by atoms with Crippen LogP contribution in [0.4, 0.5) is 4.39 Å². The molecule has 0 heterocycles. The summed E-state index contributed by atoms with van der Waals surface area (Å²) in [6.45, 7) is 4.62. The highest BCUT2D eigenvalue weighted by Crippen LogP contribution is 2.40. The Balaban J connectivity index is 0.00000144. The summed E-state index contributed by atoms with van der Waals surface area (Å²) in [7, 11) is 0. The van der Waals surface area contributed by atoms with Crippen molar-refractivity contribution in [3.8, 4) is 5.75 Å². The predicted octanol–water partition coefficient (Wildman–Crippen LogP) is 3.10. The number of hydrogen-bond donors (Lipinski definition) is 1. The third kappa shape index (κ3) is 3.58. The summed E-state index contributed by atoms with van der Waals surface area (Å²) in [5.41, 5.74) is 6.72. The van der Waals surface area contributed by atoms with Gasteiger partial charge >= 0.3 is 0 Å². The molecular weight excluding hydrogens is 241 g/mol. The maximum Gasteiger partial charge on any atom is 0.165 e. The van der Waals surface area contributed by atoms with Crippen LogP contribution in [0.1, 0.15) is 31.7 Å². The number of ether oxygens (including phenoxy) is 1. The van der Waals surface area contributed by atoms with E-state index < -0.39 is 0 Å². The first-order valence-electron chi connectivity index (χ1n) is 5.75. The van der Waals surface area contributed by atoms with Crippen LogP contribution in [0.15, 0.2) is 18.2 Å². The highest BCUT2D eigenvalue weighted by molar-refractivity contribution is 5.85. The van der Waals surface area contributed by atoms with Gasteiger partial charge in [0.1, 0.15) is 0 Å². The molecule has 0 radical (unpaired) electrons. The molecule has 0 aromatic heterocycles. The second-order valence-corrected chi connectivity index (χ2v) is 4.90. The SMILES string of the molecule is CC(C)COc1ccc(C2CC2N)cc1F.Cl. The summed E-state index contributed by atoms with van der Waals surface area (Å²) in [6, 6.07) is 5.38. The van der Waals surface area contributed by atoms with Crippen molar-refractivity contribution in [1.29, 1.82) is 0 Å². The number of halogens is 2. The predicted molar refractivity (Wildman–Crippen MR) is 69.3 cm³/mol. The van der Waals surface area contributed by atoms with Crippen molar-refractivity contribution in [2.45, 2.75) is 32.2 Å². The van der Waals surface area contributed by atoms with Crippen LogP contribution in [0, 0.1) is 11.7 Å². The fraction of sp³-hybridized carbons (Fsp3) is 0.538. The molecule has 1 aromatic carbocycles. The third-order valence-corrected chi connectivity index (χ3v) is 2.80. The van der Waals surface area contributed by atoms with Crippen LogP contribution in [0.2, 0.25) is 0 Å². The van der Waals surface area contributed by atoms with Gasteiger partial charge in [-0.15, -0.1) is 12.4 Å². The molecule has 1 aliphatic rings. The molecule has 1 saturated carbocycles. The monoisotopic (exact) mass is 259 g/mol. The molecule has 2 atom stereocenters. The summed E-state index contributed by atoms with van der Waals surface area (Å²) >= 11 is 0. The van der Waals surface area contributed by atoms with Gasteiger partial charge in [-0.1, -0.05) is 19.9 Å². The topological polar surface area (TPSA) is 35.2 Å². The van der Waals surface area contributed by atoms with Gasteiger partial charge in [-0.2, -0.15) is 0 Å². The van der Waals surface area contributed by atoms with Gasteiger partial charge in [0.25, 0.3) is 0 Å². The molecule has 0 spiro atoms. The number of hydrogen-bond acceptors (Lipinski definition) is 2. The lowest BCUT2D eigenvalue weighted by molar-refractivity contribution is 0.259. The molecular formula is C13H19ClFNO. The van der Waals surface area contributed by atoms with Gasteiger partial charge in [0.2, 0.25) is 0 Å². The molecule has 1 aliphatic carbocycles. The van der Waals surface area contributed by atoms with E-state index in [1.165, 1.54) is 0 Å². The van der Waals surface area contributed by atoms with Crippen LogP contribution < -0.4 is 10.5 Å². The van der Waals surface area contributed by atoms with Gasteiger partial charge in [0.15, 0.2) is 11.6 Å². The van der Waals surface area contributed by atoms with Crippen molar-refractivity contribution < 1.29 is 9.13 Å². The average molecular weight is 260 g/mol. The zero-order valence-electron chi connectivity index (χ0n) is 10.2. The molecule has 1 aromatic rings. The van der Waals surface area contributed by atoms with Gasteiger partial charge in [0.05, 0.1) is 6.61 Å². The first kappa shape index (κ1) is 14.3. The van der Waals surface area contributed by atoms with Gasteiger partial charge in [-0.3, -0.25) is 0 Å². The van der Waals surface area contributed by atoms with Crippen LogP contribution in [0.3, 0.4) is 0 Å². The molecule has 2 N–H and O–H groups in total. The summed E-state index contributed by atoms with van der Waals surface area (Å²) < 4.78 is 19.0. The lowest BCUT2D eigenvalue weighted by Gasteiger charge is -2.10. The molecule has 0 amide bonds. The van der Waals surface area contributed by atoms with E-state index in [1.54, 1.807) is 12.1 Å². The second-order valence-electron chi connectivity index (χ2n) is 4.90. The Morgan fingerprint density at radius 1 is 1.47 bits per heavy atom. The molecule has 1 fully saturated rings. The summed E-state index contributed by atoms with van der Waals surface area (Å²) in [5, 5.41) is 0. The summed E-state index contributed by atoms with van der Waals surface area (Å²) in [6.07, 6.45) is 0.964. The lowest BCUT2D eigenvalue weighted by Crippen LogP contribution is -2.06.